The van der Waals surface area contributed by atoms with Crippen molar-refractivity contribution < 1.29 is 4.74 Å². The van der Waals surface area contributed by atoms with Crippen molar-refractivity contribution in [3.05, 3.63) is 66.1 Å². The molecule has 5 nitrogen and oxygen atoms in total. The third-order valence-electron chi connectivity index (χ3n) is 3.64. The van der Waals surface area contributed by atoms with Gasteiger partial charge in [0.2, 0.25) is 0 Å². The number of rotatable bonds is 6. The average molecular weight is 308 g/mol. The van der Waals surface area contributed by atoms with Crippen LogP contribution in [0, 0.1) is 0 Å². The van der Waals surface area contributed by atoms with Crippen molar-refractivity contribution >= 4 is 0 Å². The molecule has 1 aromatic carbocycles. The highest BCUT2D eigenvalue weighted by molar-refractivity contribution is 5.61. The molecule has 5 heteroatoms. The lowest BCUT2D eigenvalue weighted by Crippen LogP contribution is -2.12. The smallest absolute Gasteiger partial charge is 0.119 e. The lowest BCUT2D eigenvalue weighted by atomic mass is 10.1. The zero-order chi connectivity index (χ0) is 16.1. The van der Waals surface area contributed by atoms with E-state index in [1.54, 1.807) is 19.5 Å². The first-order chi connectivity index (χ1) is 11.3. The maximum absolute atomic E-state index is 5.25. The molecule has 2 heterocycles. The zero-order valence-electron chi connectivity index (χ0n) is 13.4. The van der Waals surface area contributed by atoms with Gasteiger partial charge < -0.3 is 10.1 Å². The summed E-state index contributed by atoms with van der Waals surface area (Å²) in [6.07, 6.45) is 5.63. The second-order valence-corrected chi connectivity index (χ2v) is 5.37. The van der Waals surface area contributed by atoms with Gasteiger partial charge in [-0.1, -0.05) is 12.1 Å². The molecule has 23 heavy (non-hydrogen) atoms. The number of nitrogens with zero attached hydrogens (tertiary/aromatic N) is 3. The van der Waals surface area contributed by atoms with Crippen LogP contribution in [0.5, 0.6) is 5.75 Å². The number of nitrogens with one attached hydrogen (secondary N) is 1. The molecule has 0 spiro atoms. The molecule has 0 saturated heterocycles. The first-order valence-corrected chi connectivity index (χ1v) is 7.53. The van der Waals surface area contributed by atoms with Gasteiger partial charge in [-0.2, -0.15) is 5.10 Å². The summed E-state index contributed by atoms with van der Waals surface area (Å²) < 4.78 is 7.10. The highest BCUT2D eigenvalue weighted by atomic mass is 16.5. The molecule has 0 fully saturated rings. The molecule has 0 amide bonds. The number of methoxy groups -OCH3 is 1. The Kier molecular flexibility index (Phi) is 4.68. The molecule has 0 atom stereocenters. The monoisotopic (exact) mass is 308 g/mol. The summed E-state index contributed by atoms with van der Waals surface area (Å²) in [7, 11) is 3.62. The predicted molar refractivity (Wildman–Crippen MR) is 90.0 cm³/mol. The van der Waals surface area contributed by atoms with E-state index in [2.05, 4.69) is 21.5 Å². The number of hydrogen-bond donors (Lipinski definition) is 1. The predicted octanol–water partition coefficient (Wildman–Crippen LogP) is 2.78. The highest BCUT2D eigenvalue weighted by Crippen LogP contribution is 2.21. The van der Waals surface area contributed by atoms with Crippen molar-refractivity contribution in [2.75, 3.05) is 7.11 Å². The maximum Gasteiger partial charge on any atom is 0.119 e. The van der Waals surface area contributed by atoms with Crippen LogP contribution in [0.1, 0.15) is 11.1 Å². The van der Waals surface area contributed by atoms with E-state index in [1.807, 2.05) is 48.3 Å². The van der Waals surface area contributed by atoms with Gasteiger partial charge in [-0.25, -0.2) is 0 Å². The van der Waals surface area contributed by atoms with Gasteiger partial charge in [0.25, 0.3) is 0 Å². The van der Waals surface area contributed by atoms with E-state index < -0.39 is 0 Å². The van der Waals surface area contributed by atoms with E-state index in [-0.39, 0.29) is 0 Å². The Balaban J connectivity index is 1.69. The van der Waals surface area contributed by atoms with Crippen LogP contribution in [0.15, 0.2) is 55.0 Å². The lowest BCUT2D eigenvalue weighted by molar-refractivity contribution is 0.414. The third kappa shape index (κ3) is 3.76. The Hall–Kier alpha value is -2.66. The number of aromatic nitrogens is 3. The zero-order valence-corrected chi connectivity index (χ0v) is 13.4. The van der Waals surface area contributed by atoms with Crippen LogP contribution in [0.4, 0.5) is 0 Å². The van der Waals surface area contributed by atoms with Crippen LogP contribution < -0.4 is 10.1 Å². The number of aryl methyl sites for hydroxylation is 1. The molecule has 0 aliphatic carbocycles. The van der Waals surface area contributed by atoms with Gasteiger partial charge >= 0.3 is 0 Å². The summed E-state index contributed by atoms with van der Waals surface area (Å²) in [6, 6.07) is 12.0. The fraction of sp³-hybridized carbons (Fsp3) is 0.222. The van der Waals surface area contributed by atoms with Gasteiger partial charge in [-0.15, -0.1) is 0 Å². The van der Waals surface area contributed by atoms with E-state index in [0.29, 0.717) is 0 Å². The van der Waals surface area contributed by atoms with Crippen molar-refractivity contribution in [3.8, 4) is 17.0 Å². The van der Waals surface area contributed by atoms with Crippen molar-refractivity contribution in [2.24, 2.45) is 7.05 Å². The Morgan fingerprint density at radius 1 is 1.13 bits per heavy atom. The minimum Gasteiger partial charge on any atom is -0.497 e. The summed E-state index contributed by atoms with van der Waals surface area (Å²) >= 11 is 0. The van der Waals surface area contributed by atoms with Crippen LogP contribution in [0.2, 0.25) is 0 Å². The normalized spacial score (nSPS) is 10.7. The SMILES string of the molecule is COc1cccc(CNCc2cn(C)nc2-c2ccncc2)c1. The average Bonchev–Trinajstić information content (AvgIpc) is 2.96. The van der Waals surface area contributed by atoms with Gasteiger partial charge in [0.15, 0.2) is 0 Å². The number of ether oxygens (including phenoxy) is 1. The number of benzene rings is 1. The van der Waals surface area contributed by atoms with Crippen molar-refractivity contribution in [1.29, 1.82) is 0 Å². The fourth-order valence-electron chi connectivity index (χ4n) is 2.54. The van der Waals surface area contributed by atoms with Gasteiger partial charge in [-0.05, 0) is 29.8 Å². The summed E-state index contributed by atoms with van der Waals surface area (Å²) in [5.41, 5.74) is 4.44. The molecule has 0 unspecified atom stereocenters. The summed E-state index contributed by atoms with van der Waals surface area (Å²) in [5, 5.41) is 8.03. The maximum atomic E-state index is 5.25. The Morgan fingerprint density at radius 3 is 2.74 bits per heavy atom. The molecule has 118 valence electrons. The van der Waals surface area contributed by atoms with Gasteiger partial charge in [0, 0.05) is 49.9 Å². The first-order valence-electron chi connectivity index (χ1n) is 7.53. The summed E-state index contributed by atoms with van der Waals surface area (Å²) in [5.74, 6) is 0.878. The van der Waals surface area contributed by atoms with E-state index in [9.17, 15) is 0 Å². The Morgan fingerprint density at radius 2 is 1.96 bits per heavy atom. The van der Waals surface area contributed by atoms with E-state index >= 15 is 0 Å². The molecular weight excluding hydrogens is 288 g/mol. The van der Waals surface area contributed by atoms with Crippen molar-refractivity contribution in [3.63, 3.8) is 0 Å². The van der Waals surface area contributed by atoms with Gasteiger partial charge in [-0.3, -0.25) is 9.67 Å². The Labute approximate surface area is 135 Å². The van der Waals surface area contributed by atoms with E-state index in [4.69, 9.17) is 4.74 Å². The quantitative estimate of drug-likeness (QED) is 0.761. The van der Waals surface area contributed by atoms with Gasteiger partial charge in [0.05, 0.1) is 12.8 Å². The largest absolute Gasteiger partial charge is 0.497 e. The minimum absolute atomic E-state index is 0.753. The van der Waals surface area contributed by atoms with Crippen LogP contribution in [0.25, 0.3) is 11.3 Å². The number of pyridine rings is 1. The van der Waals surface area contributed by atoms with Crippen LogP contribution in [-0.2, 0) is 20.1 Å². The molecular formula is C18H20N4O. The fourth-order valence-corrected chi connectivity index (χ4v) is 2.54. The molecule has 3 rings (SSSR count). The third-order valence-corrected chi connectivity index (χ3v) is 3.64. The molecule has 0 bridgehead atoms. The molecule has 0 saturated carbocycles. The number of hydrogen-bond acceptors (Lipinski definition) is 4. The molecule has 0 radical (unpaired) electrons. The molecule has 3 aromatic rings. The van der Waals surface area contributed by atoms with Crippen molar-refractivity contribution in [2.45, 2.75) is 13.1 Å². The summed E-state index contributed by atoms with van der Waals surface area (Å²) in [4.78, 5) is 4.06. The molecule has 0 aliphatic rings. The Bertz CT molecular complexity index is 768. The molecule has 1 N–H and O–H groups in total. The standard InChI is InChI=1S/C18H20N4O/c1-22-13-16(18(21-22)15-6-8-19-9-7-15)12-20-11-14-4-3-5-17(10-14)23-2/h3-10,13,20H,11-12H2,1-2H3. The highest BCUT2D eigenvalue weighted by Gasteiger charge is 2.09. The van der Waals surface area contributed by atoms with Crippen LogP contribution >= 0.6 is 0 Å². The van der Waals surface area contributed by atoms with Crippen LogP contribution in [0.3, 0.4) is 0 Å². The summed E-state index contributed by atoms with van der Waals surface area (Å²) in [6.45, 7) is 1.53. The van der Waals surface area contributed by atoms with Crippen molar-refractivity contribution in [1.82, 2.24) is 20.1 Å². The lowest BCUT2D eigenvalue weighted by Gasteiger charge is -2.07. The molecule has 0 aliphatic heterocycles. The minimum atomic E-state index is 0.753. The second kappa shape index (κ2) is 7.07. The molecule has 2 aromatic heterocycles. The van der Waals surface area contributed by atoms with Gasteiger partial charge in [0.1, 0.15) is 5.75 Å². The van der Waals surface area contributed by atoms with Crippen LogP contribution in [-0.4, -0.2) is 21.9 Å². The van der Waals surface area contributed by atoms with E-state index in [1.165, 1.54) is 11.1 Å². The van der Waals surface area contributed by atoms with E-state index in [0.717, 1.165) is 30.1 Å². The first kappa shape index (κ1) is 15.2. The topological polar surface area (TPSA) is 52.0 Å². The second-order valence-electron chi connectivity index (χ2n) is 5.37.